The van der Waals surface area contributed by atoms with Crippen LogP contribution in [-0.4, -0.2) is 18.4 Å². The van der Waals surface area contributed by atoms with E-state index < -0.39 is 11.8 Å². The van der Waals surface area contributed by atoms with Crippen LogP contribution in [0.1, 0.15) is 17.5 Å². The highest BCUT2D eigenvalue weighted by Crippen LogP contribution is 2.09. The maximum atomic E-state index is 11.8. The van der Waals surface area contributed by atoms with E-state index >= 15 is 0 Å². The largest absolute Gasteiger partial charge is 0.348 e. The molecule has 4 nitrogen and oxygen atoms in total. The van der Waals surface area contributed by atoms with Crippen LogP contribution in [0.25, 0.3) is 0 Å². The number of anilines is 1. The first-order valence-electron chi connectivity index (χ1n) is 7.35. The molecular formula is C18H20N2O2. The molecule has 0 atom stereocenters. The first-order chi connectivity index (χ1) is 10.6. The van der Waals surface area contributed by atoms with E-state index in [0.29, 0.717) is 12.2 Å². The van der Waals surface area contributed by atoms with E-state index in [1.165, 1.54) is 5.56 Å². The predicted octanol–water partition coefficient (Wildman–Crippen LogP) is 2.68. The van der Waals surface area contributed by atoms with E-state index in [4.69, 9.17) is 0 Å². The van der Waals surface area contributed by atoms with E-state index in [0.717, 1.165) is 18.4 Å². The Hall–Kier alpha value is -2.62. The van der Waals surface area contributed by atoms with Gasteiger partial charge in [-0.1, -0.05) is 42.5 Å². The quantitative estimate of drug-likeness (QED) is 0.658. The average molecular weight is 296 g/mol. The zero-order valence-corrected chi connectivity index (χ0v) is 12.6. The number of benzene rings is 2. The predicted molar refractivity (Wildman–Crippen MR) is 87.6 cm³/mol. The fourth-order valence-electron chi connectivity index (χ4n) is 2.13. The van der Waals surface area contributed by atoms with Crippen molar-refractivity contribution in [3.63, 3.8) is 0 Å². The summed E-state index contributed by atoms with van der Waals surface area (Å²) in [5.41, 5.74) is 2.88. The Morgan fingerprint density at radius 2 is 1.73 bits per heavy atom. The molecule has 0 spiro atoms. The van der Waals surface area contributed by atoms with Gasteiger partial charge in [0.25, 0.3) is 0 Å². The van der Waals surface area contributed by atoms with Crippen molar-refractivity contribution in [2.45, 2.75) is 19.8 Å². The Bertz CT molecular complexity index is 639. The number of hydrogen-bond donors (Lipinski definition) is 2. The van der Waals surface area contributed by atoms with Crippen molar-refractivity contribution in [3.05, 3.63) is 65.7 Å². The molecule has 0 aromatic heterocycles. The zero-order valence-electron chi connectivity index (χ0n) is 12.6. The van der Waals surface area contributed by atoms with Gasteiger partial charge < -0.3 is 10.6 Å². The molecule has 2 aromatic carbocycles. The highest BCUT2D eigenvalue weighted by molar-refractivity contribution is 6.39. The van der Waals surface area contributed by atoms with Crippen LogP contribution in [0.3, 0.4) is 0 Å². The van der Waals surface area contributed by atoms with E-state index in [9.17, 15) is 9.59 Å². The average Bonchev–Trinajstić information content (AvgIpc) is 2.52. The lowest BCUT2D eigenvalue weighted by molar-refractivity contribution is -0.136. The molecule has 0 aliphatic carbocycles. The molecule has 2 N–H and O–H groups in total. The summed E-state index contributed by atoms with van der Waals surface area (Å²) in [4.78, 5) is 23.5. The molecule has 0 heterocycles. The molecule has 0 radical (unpaired) electrons. The first-order valence-corrected chi connectivity index (χ1v) is 7.35. The molecule has 2 aromatic rings. The van der Waals surface area contributed by atoms with Crippen LogP contribution in [-0.2, 0) is 16.0 Å². The minimum atomic E-state index is -0.634. The highest BCUT2D eigenvalue weighted by atomic mass is 16.2. The minimum Gasteiger partial charge on any atom is -0.348 e. The number of carbonyl (C=O) groups is 2. The van der Waals surface area contributed by atoms with Crippen molar-refractivity contribution in [1.29, 1.82) is 0 Å². The van der Waals surface area contributed by atoms with Gasteiger partial charge in [0, 0.05) is 12.2 Å². The molecule has 114 valence electrons. The summed E-state index contributed by atoms with van der Waals surface area (Å²) in [7, 11) is 0. The summed E-state index contributed by atoms with van der Waals surface area (Å²) in [6, 6.07) is 17.4. The standard InChI is InChI=1S/C18H20N2O2/c1-14-7-5-11-16(13-14)20-18(22)17(21)19-12-6-10-15-8-3-2-4-9-15/h2-5,7-9,11,13H,6,10,12H2,1H3,(H,19,21)(H,20,22). The first kappa shape index (κ1) is 15.8. The lowest BCUT2D eigenvalue weighted by atomic mass is 10.1. The molecule has 0 fully saturated rings. The molecule has 0 saturated carbocycles. The van der Waals surface area contributed by atoms with Crippen LogP contribution in [0.2, 0.25) is 0 Å². The Labute approximate surface area is 130 Å². The molecule has 0 unspecified atom stereocenters. The number of nitrogens with one attached hydrogen (secondary N) is 2. The maximum Gasteiger partial charge on any atom is 0.313 e. The fraction of sp³-hybridized carbons (Fsp3) is 0.222. The van der Waals surface area contributed by atoms with Gasteiger partial charge in [0.2, 0.25) is 0 Å². The van der Waals surface area contributed by atoms with Crippen molar-refractivity contribution in [1.82, 2.24) is 5.32 Å². The monoisotopic (exact) mass is 296 g/mol. The van der Waals surface area contributed by atoms with Crippen molar-refractivity contribution in [2.75, 3.05) is 11.9 Å². The van der Waals surface area contributed by atoms with Gasteiger partial charge in [0.05, 0.1) is 0 Å². The normalized spacial score (nSPS) is 10.0. The van der Waals surface area contributed by atoms with E-state index in [1.54, 1.807) is 6.07 Å². The van der Waals surface area contributed by atoms with Crippen LogP contribution in [0, 0.1) is 6.92 Å². The lowest BCUT2D eigenvalue weighted by Crippen LogP contribution is -2.36. The Kier molecular flexibility index (Phi) is 5.72. The van der Waals surface area contributed by atoms with Crippen molar-refractivity contribution in [3.8, 4) is 0 Å². The summed E-state index contributed by atoms with van der Waals surface area (Å²) in [6.07, 6.45) is 1.67. The van der Waals surface area contributed by atoms with E-state index in [-0.39, 0.29) is 0 Å². The lowest BCUT2D eigenvalue weighted by Gasteiger charge is -2.07. The summed E-state index contributed by atoms with van der Waals surface area (Å²) in [6.45, 7) is 2.41. The SMILES string of the molecule is Cc1cccc(NC(=O)C(=O)NCCCc2ccccc2)c1. The van der Waals surface area contributed by atoms with Crippen LogP contribution in [0.15, 0.2) is 54.6 Å². The van der Waals surface area contributed by atoms with Gasteiger partial charge in [-0.05, 0) is 43.0 Å². The molecule has 2 rings (SSSR count). The summed E-state index contributed by atoms with van der Waals surface area (Å²) in [5, 5.41) is 5.23. The Morgan fingerprint density at radius 3 is 2.45 bits per heavy atom. The molecule has 0 aliphatic rings. The minimum absolute atomic E-state index is 0.481. The zero-order chi connectivity index (χ0) is 15.8. The maximum absolute atomic E-state index is 11.8. The second-order valence-electron chi connectivity index (χ2n) is 5.17. The molecule has 4 heteroatoms. The smallest absolute Gasteiger partial charge is 0.313 e. The van der Waals surface area contributed by atoms with Crippen LogP contribution >= 0.6 is 0 Å². The molecule has 0 saturated heterocycles. The molecule has 0 bridgehead atoms. The Morgan fingerprint density at radius 1 is 0.955 bits per heavy atom. The van der Waals surface area contributed by atoms with Crippen LogP contribution in [0.5, 0.6) is 0 Å². The van der Waals surface area contributed by atoms with Crippen molar-refractivity contribution in [2.24, 2.45) is 0 Å². The number of amides is 2. The molecule has 22 heavy (non-hydrogen) atoms. The van der Waals surface area contributed by atoms with Crippen molar-refractivity contribution >= 4 is 17.5 Å². The second kappa shape index (κ2) is 7.98. The van der Waals surface area contributed by atoms with Crippen LogP contribution in [0.4, 0.5) is 5.69 Å². The van der Waals surface area contributed by atoms with Crippen LogP contribution < -0.4 is 10.6 Å². The summed E-state index contributed by atoms with van der Waals surface area (Å²) >= 11 is 0. The van der Waals surface area contributed by atoms with Gasteiger partial charge >= 0.3 is 11.8 Å². The number of carbonyl (C=O) groups excluding carboxylic acids is 2. The van der Waals surface area contributed by atoms with E-state index in [1.807, 2.05) is 55.5 Å². The van der Waals surface area contributed by atoms with Gasteiger partial charge in [-0.15, -0.1) is 0 Å². The number of hydrogen-bond acceptors (Lipinski definition) is 2. The van der Waals surface area contributed by atoms with Crippen molar-refractivity contribution < 1.29 is 9.59 Å². The summed E-state index contributed by atoms with van der Waals surface area (Å²) in [5.74, 6) is -1.24. The number of aryl methyl sites for hydroxylation is 2. The highest BCUT2D eigenvalue weighted by Gasteiger charge is 2.12. The third-order valence-corrected chi connectivity index (χ3v) is 3.25. The Balaban J connectivity index is 1.71. The van der Waals surface area contributed by atoms with Gasteiger partial charge in [-0.3, -0.25) is 9.59 Å². The van der Waals surface area contributed by atoms with Gasteiger partial charge in [-0.25, -0.2) is 0 Å². The van der Waals surface area contributed by atoms with Gasteiger partial charge in [0.15, 0.2) is 0 Å². The number of rotatable bonds is 5. The van der Waals surface area contributed by atoms with Gasteiger partial charge in [-0.2, -0.15) is 0 Å². The topological polar surface area (TPSA) is 58.2 Å². The third-order valence-electron chi connectivity index (χ3n) is 3.25. The van der Waals surface area contributed by atoms with Gasteiger partial charge in [0.1, 0.15) is 0 Å². The second-order valence-corrected chi connectivity index (χ2v) is 5.17. The van der Waals surface area contributed by atoms with E-state index in [2.05, 4.69) is 10.6 Å². The molecule has 0 aliphatic heterocycles. The molecule has 2 amide bonds. The fourth-order valence-corrected chi connectivity index (χ4v) is 2.13. The summed E-state index contributed by atoms with van der Waals surface area (Å²) < 4.78 is 0. The third kappa shape index (κ3) is 5.05. The molecular weight excluding hydrogens is 276 g/mol.